The van der Waals surface area contributed by atoms with Crippen LogP contribution in [0.25, 0.3) is 10.9 Å². The number of nitrogen functional groups attached to an aromatic ring is 1. The fraction of sp³-hybridized carbons (Fsp3) is 0.471. The van der Waals surface area contributed by atoms with E-state index < -0.39 is 0 Å². The summed E-state index contributed by atoms with van der Waals surface area (Å²) in [5, 5.41) is 4.08. The summed E-state index contributed by atoms with van der Waals surface area (Å²) in [6.07, 6.45) is 5.43. The van der Waals surface area contributed by atoms with E-state index >= 15 is 0 Å². The van der Waals surface area contributed by atoms with E-state index in [4.69, 9.17) is 5.73 Å². The van der Waals surface area contributed by atoms with Crippen LogP contribution in [0.5, 0.6) is 0 Å². The van der Waals surface area contributed by atoms with E-state index in [-0.39, 0.29) is 5.91 Å². The molecule has 0 spiro atoms. The van der Waals surface area contributed by atoms with Crippen LogP contribution in [-0.2, 0) is 0 Å². The molecule has 4 heteroatoms. The van der Waals surface area contributed by atoms with E-state index in [2.05, 4.69) is 10.3 Å². The van der Waals surface area contributed by atoms with Gasteiger partial charge in [-0.2, -0.15) is 0 Å². The first-order valence-electron chi connectivity index (χ1n) is 7.86. The van der Waals surface area contributed by atoms with Gasteiger partial charge in [-0.1, -0.05) is 18.6 Å². The predicted octanol–water partition coefficient (Wildman–Crippen LogP) is 2.92. The van der Waals surface area contributed by atoms with Crippen LogP contribution in [0.1, 0.15) is 36.2 Å². The zero-order valence-electron chi connectivity index (χ0n) is 12.1. The summed E-state index contributed by atoms with van der Waals surface area (Å²) < 4.78 is 0. The summed E-state index contributed by atoms with van der Waals surface area (Å²) in [7, 11) is 0. The smallest absolute Gasteiger partial charge is 0.267 e. The highest BCUT2D eigenvalue weighted by molar-refractivity contribution is 6.00. The summed E-state index contributed by atoms with van der Waals surface area (Å²) in [6.45, 7) is 0.810. The number of hydrogen-bond acceptors (Lipinski definition) is 2. The highest BCUT2D eigenvalue weighted by Gasteiger charge is 2.39. The third-order valence-electron chi connectivity index (χ3n) is 5.34. The quantitative estimate of drug-likeness (QED) is 0.758. The molecule has 2 aliphatic carbocycles. The Morgan fingerprint density at radius 2 is 2.24 bits per heavy atom. The second kappa shape index (κ2) is 4.79. The maximum atomic E-state index is 12.3. The highest BCUT2D eigenvalue weighted by atomic mass is 16.1. The number of carbonyl (C=O) groups is 1. The summed E-state index contributed by atoms with van der Waals surface area (Å²) >= 11 is 0. The first kappa shape index (κ1) is 12.7. The number of amides is 1. The second-order valence-electron chi connectivity index (χ2n) is 6.64. The first-order chi connectivity index (χ1) is 10.2. The molecule has 1 aromatic carbocycles. The molecule has 2 aromatic rings. The number of nitrogens with one attached hydrogen (secondary N) is 2. The van der Waals surface area contributed by atoms with Crippen molar-refractivity contribution in [2.45, 2.75) is 25.7 Å². The number of aromatic amines is 1. The molecule has 1 amide bonds. The lowest BCUT2D eigenvalue weighted by Crippen LogP contribution is -2.31. The van der Waals surface area contributed by atoms with Crippen molar-refractivity contribution in [2.24, 2.45) is 17.8 Å². The van der Waals surface area contributed by atoms with E-state index in [0.29, 0.717) is 17.3 Å². The van der Waals surface area contributed by atoms with Gasteiger partial charge in [0.05, 0.1) is 11.2 Å². The number of fused-ring (bicyclic) bond motifs is 3. The number of hydrogen-bond donors (Lipinski definition) is 3. The van der Waals surface area contributed by atoms with Crippen LogP contribution in [0, 0.1) is 17.8 Å². The van der Waals surface area contributed by atoms with Crippen LogP contribution in [0.2, 0.25) is 0 Å². The summed E-state index contributed by atoms with van der Waals surface area (Å²) in [5.41, 5.74) is 8.05. The summed E-state index contributed by atoms with van der Waals surface area (Å²) in [4.78, 5) is 15.4. The van der Waals surface area contributed by atoms with Crippen LogP contribution < -0.4 is 11.1 Å². The normalized spacial score (nSPS) is 27.3. The van der Waals surface area contributed by atoms with E-state index in [1.165, 1.54) is 25.7 Å². The number of para-hydroxylation sites is 1. The molecule has 1 heterocycles. The van der Waals surface area contributed by atoms with Crippen molar-refractivity contribution >= 4 is 22.5 Å². The van der Waals surface area contributed by atoms with Gasteiger partial charge in [-0.3, -0.25) is 4.79 Å². The highest BCUT2D eigenvalue weighted by Crippen LogP contribution is 2.47. The molecule has 4 N–H and O–H groups in total. The zero-order chi connectivity index (χ0) is 14.4. The molecule has 4 rings (SSSR count). The van der Waals surface area contributed by atoms with Crippen molar-refractivity contribution in [3.63, 3.8) is 0 Å². The summed E-state index contributed by atoms with van der Waals surface area (Å²) in [5.74, 6) is 2.42. The fourth-order valence-electron chi connectivity index (χ4n) is 4.25. The average Bonchev–Trinajstić information content (AvgIpc) is 3.19. The van der Waals surface area contributed by atoms with Gasteiger partial charge in [0, 0.05) is 11.9 Å². The molecule has 3 unspecified atom stereocenters. The predicted molar refractivity (Wildman–Crippen MR) is 84.0 cm³/mol. The lowest BCUT2D eigenvalue weighted by molar-refractivity contribution is 0.0937. The van der Waals surface area contributed by atoms with Gasteiger partial charge >= 0.3 is 0 Å². The van der Waals surface area contributed by atoms with Crippen LogP contribution in [-0.4, -0.2) is 17.4 Å². The minimum atomic E-state index is -0.0200. The minimum Gasteiger partial charge on any atom is -0.397 e. The number of aromatic nitrogens is 1. The fourth-order valence-corrected chi connectivity index (χ4v) is 4.25. The molecule has 4 nitrogen and oxygen atoms in total. The van der Waals surface area contributed by atoms with Crippen LogP contribution in [0.4, 0.5) is 5.69 Å². The van der Waals surface area contributed by atoms with Gasteiger partial charge in [-0.05, 0) is 49.1 Å². The monoisotopic (exact) mass is 283 g/mol. The van der Waals surface area contributed by atoms with Gasteiger partial charge in [0.1, 0.15) is 5.69 Å². The van der Waals surface area contributed by atoms with Crippen molar-refractivity contribution in [2.75, 3.05) is 12.3 Å². The molecule has 1 aromatic heterocycles. The van der Waals surface area contributed by atoms with E-state index in [0.717, 1.165) is 29.3 Å². The van der Waals surface area contributed by atoms with E-state index in [1.54, 1.807) is 0 Å². The Labute approximate surface area is 124 Å². The molecule has 2 fully saturated rings. The topological polar surface area (TPSA) is 70.9 Å². The number of benzene rings is 1. The van der Waals surface area contributed by atoms with Crippen molar-refractivity contribution in [3.05, 3.63) is 30.0 Å². The molecule has 0 aliphatic heterocycles. The molecular weight excluding hydrogens is 262 g/mol. The molecule has 2 aliphatic rings. The Hall–Kier alpha value is -1.97. The first-order valence-corrected chi connectivity index (χ1v) is 7.86. The van der Waals surface area contributed by atoms with Crippen LogP contribution in [0.15, 0.2) is 24.3 Å². The molecular formula is C17H21N3O. The SMILES string of the molecule is Nc1cccc2cc(C(=O)NCC3CC4CCC3C4)[nH]c12. The average molecular weight is 283 g/mol. The standard InChI is InChI=1S/C17H21N3O/c18-14-3-1-2-12-8-15(20-16(12)14)17(21)19-9-13-7-10-4-5-11(13)6-10/h1-3,8,10-11,13,20H,4-7,9,18H2,(H,19,21). The van der Waals surface area contributed by atoms with Gasteiger partial charge < -0.3 is 16.0 Å². The Morgan fingerprint density at radius 3 is 2.95 bits per heavy atom. The molecule has 0 saturated heterocycles. The molecule has 21 heavy (non-hydrogen) atoms. The molecule has 110 valence electrons. The van der Waals surface area contributed by atoms with Crippen molar-refractivity contribution in [1.29, 1.82) is 0 Å². The maximum absolute atomic E-state index is 12.3. The van der Waals surface area contributed by atoms with Gasteiger partial charge in [-0.15, -0.1) is 0 Å². The number of carbonyl (C=O) groups excluding carboxylic acids is 1. The number of anilines is 1. The largest absolute Gasteiger partial charge is 0.397 e. The van der Waals surface area contributed by atoms with Crippen LogP contribution in [0.3, 0.4) is 0 Å². The Kier molecular flexibility index (Phi) is 2.91. The Bertz CT molecular complexity index is 690. The number of nitrogens with two attached hydrogens (primary N) is 1. The van der Waals surface area contributed by atoms with Gasteiger partial charge in [0.15, 0.2) is 0 Å². The maximum Gasteiger partial charge on any atom is 0.267 e. The van der Waals surface area contributed by atoms with Gasteiger partial charge in [-0.25, -0.2) is 0 Å². The third-order valence-corrected chi connectivity index (χ3v) is 5.34. The Morgan fingerprint density at radius 1 is 1.33 bits per heavy atom. The summed E-state index contributed by atoms with van der Waals surface area (Å²) in [6, 6.07) is 7.59. The molecule has 2 saturated carbocycles. The van der Waals surface area contributed by atoms with Gasteiger partial charge in [0.2, 0.25) is 0 Å². The van der Waals surface area contributed by atoms with Crippen molar-refractivity contribution in [1.82, 2.24) is 10.3 Å². The van der Waals surface area contributed by atoms with Gasteiger partial charge in [0.25, 0.3) is 5.91 Å². The molecule has 0 radical (unpaired) electrons. The van der Waals surface area contributed by atoms with Crippen molar-refractivity contribution < 1.29 is 4.79 Å². The number of H-pyrrole nitrogens is 1. The molecule has 2 bridgehead atoms. The molecule has 3 atom stereocenters. The van der Waals surface area contributed by atoms with E-state index in [9.17, 15) is 4.79 Å². The van der Waals surface area contributed by atoms with E-state index in [1.807, 2.05) is 24.3 Å². The zero-order valence-corrected chi connectivity index (χ0v) is 12.1. The van der Waals surface area contributed by atoms with Crippen molar-refractivity contribution in [3.8, 4) is 0 Å². The number of rotatable bonds is 3. The minimum absolute atomic E-state index is 0.0200. The second-order valence-corrected chi connectivity index (χ2v) is 6.64. The van der Waals surface area contributed by atoms with Crippen LogP contribution >= 0.6 is 0 Å². The Balaban J connectivity index is 1.45. The lowest BCUT2D eigenvalue weighted by atomic mass is 9.89. The lowest BCUT2D eigenvalue weighted by Gasteiger charge is -2.21. The third kappa shape index (κ3) is 2.19.